The molecule has 0 unspecified atom stereocenters. The highest BCUT2D eigenvalue weighted by atomic mass is 32.1. The van der Waals surface area contributed by atoms with E-state index < -0.39 is 0 Å². The van der Waals surface area contributed by atoms with E-state index in [0.29, 0.717) is 5.41 Å². The molecular weight excluding hydrogens is 262 g/mol. The highest BCUT2D eigenvalue weighted by molar-refractivity contribution is 7.80. The molecule has 0 radical (unpaired) electrons. The number of likely N-dealkylation sites (tertiary alicyclic amines) is 1. The Morgan fingerprint density at radius 1 is 0.700 bits per heavy atom. The van der Waals surface area contributed by atoms with Gasteiger partial charge >= 0.3 is 0 Å². The smallest absolute Gasteiger partial charge is 0.00458 e. The van der Waals surface area contributed by atoms with Crippen LogP contribution in [0, 0.1) is 10.8 Å². The zero-order chi connectivity index (χ0) is 13.9. The van der Waals surface area contributed by atoms with Crippen LogP contribution in [0.15, 0.2) is 0 Å². The maximum absolute atomic E-state index is 4.72. The molecule has 0 aromatic heterocycles. The van der Waals surface area contributed by atoms with Gasteiger partial charge in [0, 0.05) is 6.54 Å². The van der Waals surface area contributed by atoms with Crippen LogP contribution in [-0.4, -0.2) is 30.3 Å². The third-order valence-corrected chi connectivity index (χ3v) is 7.31. The summed E-state index contributed by atoms with van der Waals surface area (Å²) in [6.45, 7) is 4.08. The highest BCUT2D eigenvalue weighted by Gasteiger charge is 2.38. The van der Waals surface area contributed by atoms with E-state index in [4.69, 9.17) is 12.6 Å². The van der Waals surface area contributed by atoms with Gasteiger partial charge in [-0.15, -0.1) is 0 Å². The Labute approximate surface area is 131 Å². The molecule has 1 aliphatic heterocycles. The molecule has 20 heavy (non-hydrogen) atoms. The number of nitrogens with zero attached hydrogens (tertiary/aromatic N) is 1. The summed E-state index contributed by atoms with van der Waals surface area (Å²) in [7, 11) is 0. The molecule has 1 nitrogen and oxygen atoms in total. The second-order valence-corrected chi connectivity index (χ2v) is 8.37. The van der Waals surface area contributed by atoms with Gasteiger partial charge < -0.3 is 4.90 Å². The summed E-state index contributed by atoms with van der Waals surface area (Å²) in [4.78, 5) is 2.79. The Morgan fingerprint density at radius 3 is 1.80 bits per heavy atom. The van der Waals surface area contributed by atoms with E-state index in [-0.39, 0.29) is 0 Å². The van der Waals surface area contributed by atoms with E-state index in [0.717, 1.165) is 11.2 Å². The lowest BCUT2D eigenvalue weighted by molar-refractivity contribution is 0.0373. The first-order chi connectivity index (χ1) is 9.76. The summed E-state index contributed by atoms with van der Waals surface area (Å²) in [5.41, 5.74) is 1.31. The first-order valence-electron chi connectivity index (χ1n) is 9.09. The van der Waals surface area contributed by atoms with Crippen LogP contribution in [-0.2, 0) is 0 Å². The summed E-state index contributed by atoms with van der Waals surface area (Å²) in [6.07, 6.45) is 17.7. The number of thiol groups is 1. The van der Waals surface area contributed by atoms with E-state index in [1.54, 1.807) is 0 Å². The maximum atomic E-state index is 4.72. The van der Waals surface area contributed by atoms with Crippen LogP contribution < -0.4 is 0 Å². The van der Waals surface area contributed by atoms with Gasteiger partial charge in [-0.1, -0.05) is 38.5 Å². The van der Waals surface area contributed by atoms with Crippen LogP contribution in [0.2, 0.25) is 0 Å². The lowest BCUT2D eigenvalue weighted by Crippen LogP contribution is -2.47. The first kappa shape index (κ1) is 15.2. The van der Waals surface area contributed by atoms with E-state index >= 15 is 0 Å². The molecule has 0 amide bonds. The molecule has 2 heteroatoms. The van der Waals surface area contributed by atoms with Crippen molar-refractivity contribution in [3.8, 4) is 0 Å². The Balaban J connectivity index is 1.52. The molecule has 1 saturated heterocycles. The molecule has 0 aromatic carbocycles. The molecule has 0 atom stereocenters. The number of piperidine rings is 1. The highest BCUT2D eigenvalue weighted by Crippen LogP contribution is 2.45. The average molecular weight is 296 g/mol. The van der Waals surface area contributed by atoms with Crippen molar-refractivity contribution in [3.63, 3.8) is 0 Å². The molecule has 0 N–H and O–H groups in total. The summed E-state index contributed by atoms with van der Waals surface area (Å²) < 4.78 is 0. The van der Waals surface area contributed by atoms with Gasteiger partial charge in [-0.25, -0.2) is 0 Å². The van der Waals surface area contributed by atoms with Crippen molar-refractivity contribution in [2.45, 2.75) is 77.0 Å². The van der Waals surface area contributed by atoms with Gasteiger partial charge in [0.15, 0.2) is 0 Å². The molecule has 3 fully saturated rings. The fourth-order valence-electron chi connectivity index (χ4n) is 5.13. The van der Waals surface area contributed by atoms with Crippen LogP contribution >= 0.6 is 12.6 Å². The van der Waals surface area contributed by atoms with Crippen molar-refractivity contribution < 1.29 is 0 Å². The Hall–Kier alpha value is 0.310. The first-order valence-corrected chi connectivity index (χ1v) is 9.73. The molecule has 116 valence electrons. The monoisotopic (exact) mass is 295 g/mol. The Kier molecular flexibility index (Phi) is 5.02. The topological polar surface area (TPSA) is 3.24 Å². The van der Waals surface area contributed by atoms with Crippen molar-refractivity contribution in [2.24, 2.45) is 10.8 Å². The van der Waals surface area contributed by atoms with E-state index in [2.05, 4.69) is 4.90 Å². The van der Waals surface area contributed by atoms with E-state index in [1.807, 2.05) is 0 Å². The van der Waals surface area contributed by atoms with Gasteiger partial charge in [-0.2, -0.15) is 12.6 Å². The lowest BCUT2D eigenvalue weighted by atomic mass is 9.67. The summed E-state index contributed by atoms with van der Waals surface area (Å²) in [6, 6.07) is 0. The van der Waals surface area contributed by atoms with Crippen molar-refractivity contribution in [2.75, 3.05) is 25.4 Å². The van der Waals surface area contributed by atoms with Crippen LogP contribution in [0.3, 0.4) is 0 Å². The van der Waals surface area contributed by atoms with E-state index in [1.165, 1.54) is 96.7 Å². The van der Waals surface area contributed by atoms with Crippen LogP contribution in [0.25, 0.3) is 0 Å². The molecular formula is C18H33NS. The van der Waals surface area contributed by atoms with Crippen molar-refractivity contribution >= 4 is 12.6 Å². The minimum Gasteiger partial charge on any atom is -0.303 e. The van der Waals surface area contributed by atoms with Gasteiger partial charge in [0.05, 0.1) is 0 Å². The normalized spacial score (nSPS) is 30.4. The third kappa shape index (κ3) is 3.38. The van der Waals surface area contributed by atoms with Gasteiger partial charge in [0.2, 0.25) is 0 Å². The third-order valence-electron chi connectivity index (χ3n) is 6.64. The molecule has 3 rings (SSSR count). The zero-order valence-corrected chi connectivity index (χ0v) is 14.1. The van der Waals surface area contributed by atoms with Crippen LogP contribution in [0.4, 0.5) is 0 Å². The fourth-order valence-corrected chi connectivity index (χ4v) is 5.55. The lowest BCUT2D eigenvalue weighted by Gasteiger charge is -2.47. The molecule has 1 heterocycles. The minimum absolute atomic E-state index is 0.554. The van der Waals surface area contributed by atoms with Crippen molar-refractivity contribution in [1.29, 1.82) is 0 Å². The SMILES string of the molecule is SCC1(CN2CCC3(CCCCC3)CC2)CCCCC1. The molecule has 3 aliphatic rings. The van der Waals surface area contributed by atoms with Crippen LogP contribution in [0.5, 0.6) is 0 Å². The fraction of sp³-hybridized carbons (Fsp3) is 1.00. The minimum atomic E-state index is 0.554. The van der Waals surface area contributed by atoms with Gasteiger partial charge in [-0.3, -0.25) is 0 Å². The van der Waals surface area contributed by atoms with Gasteiger partial charge in [-0.05, 0) is 68.2 Å². The van der Waals surface area contributed by atoms with Crippen LogP contribution in [0.1, 0.15) is 77.0 Å². The molecule has 2 saturated carbocycles. The average Bonchev–Trinajstić information content (AvgIpc) is 2.52. The Bertz CT molecular complexity index is 293. The summed E-state index contributed by atoms with van der Waals surface area (Å²) >= 11 is 4.72. The Morgan fingerprint density at radius 2 is 1.25 bits per heavy atom. The number of hydrogen-bond donors (Lipinski definition) is 1. The second kappa shape index (κ2) is 6.60. The predicted octanol–water partition coefficient (Wildman–Crippen LogP) is 4.91. The molecule has 1 spiro atoms. The zero-order valence-electron chi connectivity index (χ0n) is 13.2. The molecule has 2 aliphatic carbocycles. The standard InChI is InChI=1S/C18H33NS/c20-16-18(9-5-2-6-10-18)15-19-13-11-17(12-14-19)7-3-1-4-8-17/h20H,1-16H2. The molecule has 0 aromatic rings. The maximum Gasteiger partial charge on any atom is 0.00458 e. The summed E-state index contributed by atoms with van der Waals surface area (Å²) in [5.74, 6) is 1.11. The van der Waals surface area contributed by atoms with Gasteiger partial charge in [0.1, 0.15) is 0 Å². The second-order valence-electron chi connectivity index (χ2n) is 8.06. The molecule has 0 bridgehead atoms. The van der Waals surface area contributed by atoms with Gasteiger partial charge in [0.25, 0.3) is 0 Å². The van der Waals surface area contributed by atoms with E-state index in [9.17, 15) is 0 Å². The quantitative estimate of drug-likeness (QED) is 0.724. The largest absolute Gasteiger partial charge is 0.303 e. The summed E-state index contributed by atoms with van der Waals surface area (Å²) in [5, 5.41) is 0. The number of hydrogen-bond acceptors (Lipinski definition) is 2. The van der Waals surface area contributed by atoms with Crippen molar-refractivity contribution in [1.82, 2.24) is 4.90 Å². The van der Waals surface area contributed by atoms with Crippen molar-refractivity contribution in [3.05, 3.63) is 0 Å². The predicted molar refractivity (Wildman–Crippen MR) is 90.6 cm³/mol. The number of rotatable bonds is 3.